The maximum absolute atomic E-state index is 12.0. The van der Waals surface area contributed by atoms with Gasteiger partial charge in [-0.3, -0.25) is 9.48 Å². The molecule has 1 unspecified atom stereocenters. The molecule has 2 N–H and O–H groups in total. The van der Waals surface area contributed by atoms with E-state index in [1.54, 1.807) is 7.11 Å². The van der Waals surface area contributed by atoms with Crippen LogP contribution in [0.2, 0.25) is 0 Å². The van der Waals surface area contributed by atoms with Crippen molar-refractivity contribution >= 4 is 11.9 Å². The van der Waals surface area contributed by atoms with Gasteiger partial charge in [-0.2, -0.15) is 5.10 Å². The van der Waals surface area contributed by atoms with E-state index in [0.29, 0.717) is 6.54 Å². The number of carboxylic acids is 1. The molecule has 0 spiro atoms. The van der Waals surface area contributed by atoms with Crippen molar-refractivity contribution in [1.29, 1.82) is 0 Å². The van der Waals surface area contributed by atoms with E-state index in [4.69, 9.17) is 9.84 Å². The van der Waals surface area contributed by atoms with Crippen LogP contribution < -0.4 is 10.1 Å². The quantitative estimate of drug-likeness (QED) is 0.843. The van der Waals surface area contributed by atoms with E-state index in [2.05, 4.69) is 10.4 Å². The van der Waals surface area contributed by atoms with Crippen LogP contribution in [0.25, 0.3) is 0 Å². The summed E-state index contributed by atoms with van der Waals surface area (Å²) < 4.78 is 6.30. The zero-order chi connectivity index (χ0) is 16.1. The molecule has 0 radical (unpaired) electrons. The first-order valence-corrected chi connectivity index (χ1v) is 6.70. The zero-order valence-corrected chi connectivity index (χ0v) is 12.3. The topological polar surface area (TPSA) is 93.5 Å². The lowest BCUT2D eigenvalue weighted by atomic mass is 10.2. The maximum Gasteiger partial charge on any atom is 0.328 e. The molecule has 22 heavy (non-hydrogen) atoms. The van der Waals surface area contributed by atoms with Crippen molar-refractivity contribution in [2.75, 3.05) is 7.11 Å². The van der Waals surface area contributed by atoms with Crippen LogP contribution in [-0.2, 0) is 11.3 Å². The van der Waals surface area contributed by atoms with E-state index in [1.165, 1.54) is 23.9 Å². The molecule has 0 fully saturated rings. The average Bonchev–Trinajstić information content (AvgIpc) is 3.02. The minimum absolute atomic E-state index is 0.182. The van der Waals surface area contributed by atoms with E-state index in [-0.39, 0.29) is 11.6 Å². The number of nitrogens with zero attached hydrogens (tertiary/aromatic N) is 2. The highest BCUT2D eigenvalue weighted by Crippen LogP contribution is 2.11. The number of nitrogens with one attached hydrogen (secondary N) is 1. The lowest BCUT2D eigenvalue weighted by Gasteiger charge is -2.06. The van der Waals surface area contributed by atoms with Crippen LogP contribution in [0.15, 0.2) is 36.5 Å². The maximum atomic E-state index is 12.0. The Morgan fingerprint density at radius 1 is 1.32 bits per heavy atom. The summed E-state index contributed by atoms with van der Waals surface area (Å²) in [7, 11) is 1.59. The summed E-state index contributed by atoms with van der Waals surface area (Å²) >= 11 is 0. The van der Waals surface area contributed by atoms with Crippen LogP contribution in [0.3, 0.4) is 0 Å². The van der Waals surface area contributed by atoms with Gasteiger partial charge in [0.05, 0.1) is 7.11 Å². The number of methoxy groups -OCH3 is 1. The van der Waals surface area contributed by atoms with Crippen molar-refractivity contribution in [2.45, 2.75) is 19.5 Å². The van der Waals surface area contributed by atoms with Gasteiger partial charge in [0.15, 0.2) is 0 Å². The summed E-state index contributed by atoms with van der Waals surface area (Å²) in [6, 6.07) is 8.00. The fourth-order valence-corrected chi connectivity index (χ4v) is 1.80. The van der Waals surface area contributed by atoms with E-state index in [9.17, 15) is 9.59 Å². The number of carboxylic acid groups (broad SMARTS) is 1. The first kappa shape index (κ1) is 15.6. The Bertz CT molecular complexity index is 664. The molecule has 0 saturated heterocycles. The van der Waals surface area contributed by atoms with Gasteiger partial charge in [0.1, 0.15) is 17.5 Å². The Kier molecular flexibility index (Phi) is 4.77. The molecule has 1 heterocycles. The van der Waals surface area contributed by atoms with Crippen LogP contribution in [-0.4, -0.2) is 33.9 Å². The minimum atomic E-state index is -1.01. The number of rotatable bonds is 6. The second kappa shape index (κ2) is 6.75. The summed E-state index contributed by atoms with van der Waals surface area (Å²) in [4.78, 5) is 22.9. The number of carbonyl (C=O) groups excluding carboxylic acids is 1. The summed E-state index contributed by atoms with van der Waals surface area (Å²) in [6.07, 6.45) is 1.47. The molecule has 1 aromatic carbocycles. The Morgan fingerprint density at radius 3 is 2.59 bits per heavy atom. The van der Waals surface area contributed by atoms with Gasteiger partial charge in [-0.1, -0.05) is 12.1 Å². The van der Waals surface area contributed by atoms with Crippen molar-refractivity contribution in [3.05, 3.63) is 47.8 Å². The van der Waals surface area contributed by atoms with E-state index >= 15 is 0 Å². The van der Waals surface area contributed by atoms with Crippen LogP contribution in [0.5, 0.6) is 5.75 Å². The molecule has 1 atom stereocenters. The molecule has 0 saturated carbocycles. The van der Waals surface area contributed by atoms with E-state index in [0.717, 1.165) is 11.3 Å². The van der Waals surface area contributed by atoms with Gasteiger partial charge in [0.2, 0.25) is 0 Å². The largest absolute Gasteiger partial charge is 0.497 e. The van der Waals surface area contributed by atoms with Crippen molar-refractivity contribution in [3.63, 3.8) is 0 Å². The molecule has 0 aliphatic carbocycles. The number of hydrogen-bond donors (Lipinski definition) is 2. The van der Waals surface area contributed by atoms with E-state index in [1.807, 2.05) is 24.3 Å². The van der Waals surface area contributed by atoms with Crippen molar-refractivity contribution in [3.8, 4) is 5.75 Å². The predicted molar refractivity (Wildman–Crippen MR) is 78.7 cm³/mol. The minimum Gasteiger partial charge on any atom is -0.497 e. The highest BCUT2D eigenvalue weighted by molar-refractivity contribution is 5.92. The van der Waals surface area contributed by atoms with Crippen molar-refractivity contribution in [2.24, 2.45) is 0 Å². The summed E-state index contributed by atoms with van der Waals surface area (Å²) in [6.45, 7) is 1.85. The number of aliphatic carboxylic acids is 1. The molecule has 2 aromatic rings. The second-order valence-electron chi connectivity index (χ2n) is 4.73. The fourth-order valence-electron chi connectivity index (χ4n) is 1.80. The normalized spacial score (nSPS) is 11.7. The zero-order valence-electron chi connectivity index (χ0n) is 12.3. The van der Waals surface area contributed by atoms with Crippen LogP contribution in [0.1, 0.15) is 29.0 Å². The molecule has 0 aliphatic rings. The number of benzene rings is 1. The first-order valence-electron chi connectivity index (χ1n) is 6.70. The van der Waals surface area contributed by atoms with Gasteiger partial charge < -0.3 is 15.2 Å². The highest BCUT2D eigenvalue weighted by Gasteiger charge is 2.16. The average molecular weight is 303 g/mol. The Labute approximate surface area is 127 Å². The van der Waals surface area contributed by atoms with Gasteiger partial charge in [-0.15, -0.1) is 0 Å². The molecular formula is C15H17N3O4. The Morgan fingerprint density at radius 2 is 2.00 bits per heavy atom. The summed E-state index contributed by atoms with van der Waals surface area (Å²) in [5.41, 5.74) is 1.11. The number of aromatic nitrogens is 2. The van der Waals surface area contributed by atoms with Gasteiger partial charge >= 0.3 is 5.97 Å². The fraction of sp³-hybridized carbons (Fsp3) is 0.267. The number of carbonyl (C=O) groups is 2. The predicted octanol–water partition coefficient (Wildman–Crippen LogP) is 1.47. The highest BCUT2D eigenvalue weighted by atomic mass is 16.5. The summed E-state index contributed by atoms with van der Waals surface area (Å²) in [5.74, 6) is -0.614. The van der Waals surface area contributed by atoms with Crippen molar-refractivity contribution in [1.82, 2.24) is 15.1 Å². The van der Waals surface area contributed by atoms with Gasteiger partial charge in [0.25, 0.3) is 5.91 Å². The lowest BCUT2D eigenvalue weighted by Crippen LogP contribution is -2.24. The molecule has 7 nitrogen and oxygen atoms in total. The van der Waals surface area contributed by atoms with Crippen LogP contribution in [0.4, 0.5) is 0 Å². The van der Waals surface area contributed by atoms with Gasteiger partial charge in [-0.25, -0.2) is 4.79 Å². The Hall–Kier alpha value is -2.83. The first-order chi connectivity index (χ1) is 10.5. The monoisotopic (exact) mass is 303 g/mol. The third kappa shape index (κ3) is 3.63. The molecule has 1 aromatic heterocycles. The SMILES string of the molecule is COc1ccc(CNC(=O)c2ccn(C(C)C(=O)O)n2)cc1. The third-order valence-electron chi connectivity index (χ3n) is 3.21. The molecule has 0 bridgehead atoms. The molecule has 116 valence electrons. The molecular weight excluding hydrogens is 286 g/mol. The summed E-state index contributed by atoms with van der Waals surface area (Å²) in [5, 5.41) is 15.6. The lowest BCUT2D eigenvalue weighted by molar-refractivity contribution is -0.140. The molecule has 0 aliphatic heterocycles. The smallest absolute Gasteiger partial charge is 0.328 e. The molecule has 7 heteroatoms. The molecule has 2 rings (SSSR count). The van der Waals surface area contributed by atoms with E-state index < -0.39 is 12.0 Å². The second-order valence-corrected chi connectivity index (χ2v) is 4.73. The van der Waals surface area contributed by atoms with Crippen LogP contribution in [0, 0.1) is 0 Å². The number of ether oxygens (including phenoxy) is 1. The molecule has 1 amide bonds. The standard InChI is InChI=1S/C15H17N3O4/c1-10(15(20)21)18-8-7-13(17-18)14(19)16-9-11-3-5-12(22-2)6-4-11/h3-8,10H,9H2,1-2H3,(H,16,19)(H,20,21). The van der Waals surface area contributed by atoms with Gasteiger partial charge in [-0.05, 0) is 30.7 Å². The third-order valence-corrected chi connectivity index (χ3v) is 3.21. The Balaban J connectivity index is 1.95. The number of hydrogen-bond acceptors (Lipinski definition) is 4. The number of amides is 1. The van der Waals surface area contributed by atoms with Gasteiger partial charge in [0, 0.05) is 12.7 Å². The van der Waals surface area contributed by atoms with Crippen molar-refractivity contribution < 1.29 is 19.4 Å². The van der Waals surface area contributed by atoms with Crippen LogP contribution >= 0.6 is 0 Å².